The summed E-state index contributed by atoms with van der Waals surface area (Å²) in [6, 6.07) is 4.62. The second-order valence-electron chi connectivity index (χ2n) is 7.10. The van der Waals surface area contributed by atoms with Crippen LogP contribution in [0.3, 0.4) is 0 Å². The molecule has 7 heteroatoms. The van der Waals surface area contributed by atoms with Crippen LogP contribution in [0, 0.1) is 23.1 Å². The number of ether oxygens (including phenoxy) is 2. The average molecular weight is 413 g/mol. The monoisotopic (exact) mass is 412 g/mol. The van der Waals surface area contributed by atoms with Crippen LogP contribution in [-0.2, 0) is 4.74 Å². The highest BCUT2D eigenvalue weighted by molar-refractivity contribution is 9.10. The predicted octanol–water partition coefficient (Wildman–Crippen LogP) is 4.49. The molecule has 2 rings (SSSR count). The van der Waals surface area contributed by atoms with Crippen LogP contribution >= 0.6 is 15.9 Å². The molecule has 0 aliphatic carbocycles. The molecule has 0 atom stereocenters. The number of hydrogen-bond donors (Lipinski definition) is 0. The topological polar surface area (TPSA) is 62.6 Å². The van der Waals surface area contributed by atoms with Crippen LogP contribution < -0.4 is 4.74 Å². The van der Waals surface area contributed by atoms with E-state index in [0.29, 0.717) is 29.9 Å². The van der Waals surface area contributed by atoms with Crippen molar-refractivity contribution in [3.05, 3.63) is 28.0 Å². The lowest BCUT2D eigenvalue weighted by molar-refractivity contribution is 0.0165. The fraction of sp³-hybridized carbons (Fsp3) is 0.556. The summed E-state index contributed by atoms with van der Waals surface area (Å²) in [5.74, 6) is 0.0701. The molecular formula is C18H22BrFN2O3. The van der Waals surface area contributed by atoms with Gasteiger partial charge in [-0.25, -0.2) is 9.18 Å². The first kappa shape index (κ1) is 19.5. The standard InChI is InChI=1S/C18H22BrFN2O3/c1-18(2,3)25-17(23)22-6-4-12(5-7-22)11-24-13-8-15(19)14(10-21)16(20)9-13/h8-9,12H,4-7,11H2,1-3H3. The van der Waals surface area contributed by atoms with Crippen LogP contribution in [0.25, 0.3) is 0 Å². The molecule has 0 spiro atoms. The lowest BCUT2D eigenvalue weighted by atomic mass is 9.98. The van der Waals surface area contributed by atoms with Crippen LogP contribution in [0.4, 0.5) is 9.18 Å². The van der Waals surface area contributed by atoms with E-state index in [-0.39, 0.29) is 17.6 Å². The quantitative estimate of drug-likeness (QED) is 0.733. The first-order chi connectivity index (χ1) is 11.7. The molecule has 1 aromatic rings. The van der Waals surface area contributed by atoms with E-state index < -0.39 is 11.4 Å². The SMILES string of the molecule is CC(C)(C)OC(=O)N1CCC(COc2cc(F)c(C#N)c(Br)c2)CC1. The highest BCUT2D eigenvalue weighted by atomic mass is 79.9. The minimum atomic E-state index is -0.605. The molecule has 0 saturated carbocycles. The summed E-state index contributed by atoms with van der Waals surface area (Å²) < 4.78 is 25.2. The summed E-state index contributed by atoms with van der Waals surface area (Å²) in [5.41, 5.74) is -0.526. The van der Waals surface area contributed by atoms with Crippen LogP contribution in [0.15, 0.2) is 16.6 Å². The van der Waals surface area contributed by atoms with Gasteiger partial charge in [-0.1, -0.05) is 0 Å². The Balaban J connectivity index is 1.83. The van der Waals surface area contributed by atoms with Gasteiger partial charge >= 0.3 is 6.09 Å². The normalized spacial score (nSPS) is 15.6. The third-order valence-corrected chi connectivity index (χ3v) is 4.50. The van der Waals surface area contributed by atoms with Gasteiger partial charge in [-0.3, -0.25) is 0 Å². The van der Waals surface area contributed by atoms with Crippen molar-refractivity contribution in [3.63, 3.8) is 0 Å². The highest BCUT2D eigenvalue weighted by Gasteiger charge is 2.27. The van der Waals surface area contributed by atoms with Crippen LogP contribution in [0.5, 0.6) is 5.75 Å². The summed E-state index contributed by atoms with van der Waals surface area (Å²) in [6.45, 7) is 7.23. The van der Waals surface area contributed by atoms with Crippen molar-refractivity contribution in [2.45, 2.75) is 39.2 Å². The smallest absolute Gasteiger partial charge is 0.410 e. The van der Waals surface area contributed by atoms with Gasteiger partial charge in [0.15, 0.2) is 0 Å². The van der Waals surface area contributed by atoms with Crippen LogP contribution in [0.2, 0.25) is 0 Å². The zero-order valence-electron chi connectivity index (χ0n) is 14.6. The molecule has 0 aromatic heterocycles. The molecule has 0 unspecified atom stereocenters. The third kappa shape index (κ3) is 5.60. The number of rotatable bonds is 3. The van der Waals surface area contributed by atoms with E-state index >= 15 is 0 Å². The zero-order valence-corrected chi connectivity index (χ0v) is 16.2. The minimum absolute atomic E-state index is 0.0296. The molecule has 1 aliphatic heterocycles. The van der Waals surface area contributed by atoms with Gasteiger partial charge in [-0.15, -0.1) is 0 Å². The van der Waals surface area contributed by atoms with E-state index in [0.717, 1.165) is 12.8 Å². The molecule has 25 heavy (non-hydrogen) atoms. The highest BCUT2D eigenvalue weighted by Crippen LogP contribution is 2.27. The van der Waals surface area contributed by atoms with Crippen molar-refractivity contribution in [2.24, 2.45) is 5.92 Å². The van der Waals surface area contributed by atoms with Gasteiger partial charge in [0.1, 0.15) is 28.8 Å². The molecule has 1 aliphatic rings. The van der Waals surface area contributed by atoms with Gasteiger partial charge in [0.25, 0.3) is 0 Å². The third-order valence-electron chi connectivity index (χ3n) is 3.88. The molecule has 0 radical (unpaired) electrons. The fourth-order valence-electron chi connectivity index (χ4n) is 2.56. The van der Waals surface area contributed by atoms with Crippen molar-refractivity contribution < 1.29 is 18.7 Å². The lowest BCUT2D eigenvalue weighted by Gasteiger charge is -2.33. The molecule has 1 amide bonds. The van der Waals surface area contributed by atoms with Crippen molar-refractivity contribution in [1.82, 2.24) is 4.90 Å². The Bertz CT molecular complexity index is 651. The zero-order chi connectivity index (χ0) is 18.6. The number of likely N-dealkylation sites (tertiary alicyclic amines) is 1. The summed E-state index contributed by atoms with van der Waals surface area (Å²) in [4.78, 5) is 13.7. The number of piperidine rings is 1. The van der Waals surface area contributed by atoms with E-state index in [4.69, 9.17) is 14.7 Å². The maximum Gasteiger partial charge on any atom is 0.410 e. The number of carbonyl (C=O) groups is 1. The molecule has 1 aromatic carbocycles. The molecule has 0 bridgehead atoms. The Morgan fingerprint density at radius 3 is 2.56 bits per heavy atom. The van der Waals surface area contributed by atoms with Crippen molar-refractivity contribution in [3.8, 4) is 11.8 Å². The number of amides is 1. The van der Waals surface area contributed by atoms with Gasteiger partial charge in [0.05, 0.1) is 6.61 Å². The van der Waals surface area contributed by atoms with Crippen molar-refractivity contribution >= 4 is 22.0 Å². The molecule has 1 saturated heterocycles. The fourth-order valence-corrected chi connectivity index (χ4v) is 3.07. The van der Waals surface area contributed by atoms with Gasteiger partial charge in [-0.05, 0) is 61.5 Å². The summed E-state index contributed by atoms with van der Waals surface area (Å²) in [6.07, 6.45) is 1.32. The second-order valence-corrected chi connectivity index (χ2v) is 7.95. The number of halogens is 2. The van der Waals surface area contributed by atoms with E-state index in [2.05, 4.69) is 15.9 Å². The van der Waals surface area contributed by atoms with Crippen LogP contribution in [0.1, 0.15) is 39.2 Å². The Morgan fingerprint density at radius 2 is 2.04 bits per heavy atom. The first-order valence-electron chi connectivity index (χ1n) is 8.19. The molecular weight excluding hydrogens is 391 g/mol. The lowest BCUT2D eigenvalue weighted by Crippen LogP contribution is -2.42. The van der Waals surface area contributed by atoms with Gasteiger partial charge in [0, 0.05) is 23.6 Å². The maximum absolute atomic E-state index is 13.8. The second kappa shape index (κ2) is 8.05. The van der Waals surface area contributed by atoms with E-state index in [1.807, 2.05) is 20.8 Å². The van der Waals surface area contributed by atoms with E-state index in [9.17, 15) is 9.18 Å². The minimum Gasteiger partial charge on any atom is -0.493 e. The Kier molecular flexibility index (Phi) is 6.28. The number of nitrogens with zero attached hydrogens (tertiary/aromatic N) is 2. The number of benzene rings is 1. The maximum atomic E-state index is 13.8. The first-order valence-corrected chi connectivity index (χ1v) is 8.99. The Hall–Kier alpha value is -1.81. The summed E-state index contributed by atoms with van der Waals surface area (Å²) in [5, 5.41) is 8.86. The van der Waals surface area contributed by atoms with Crippen molar-refractivity contribution in [1.29, 1.82) is 5.26 Å². The summed E-state index contributed by atoms with van der Waals surface area (Å²) in [7, 11) is 0. The van der Waals surface area contributed by atoms with E-state index in [1.54, 1.807) is 17.0 Å². The van der Waals surface area contributed by atoms with E-state index in [1.165, 1.54) is 6.07 Å². The predicted molar refractivity (Wildman–Crippen MR) is 94.8 cm³/mol. The Morgan fingerprint density at radius 1 is 1.40 bits per heavy atom. The number of nitriles is 1. The van der Waals surface area contributed by atoms with Gasteiger partial charge in [0.2, 0.25) is 0 Å². The largest absolute Gasteiger partial charge is 0.493 e. The Labute approximate surface area is 155 Å². The molecule has 1 heterocycles. The molecule has 5 nitrogen and oxygen atoms in total. The number of hydrogen-bond acceptors (Lipinski definition) is 4. The van der Waals surface area contributed by atoms with Gasteiger partial charge < -0.3 is 14.4 Å². The van der Waals surface area contributed by atoms with Crippen molar-refractivity contribution in [2.75, 3.05) is 19.7 Å². The summed E-state index contributed by atoms with van der Waals surface area (Å²) >= 11 is 3.17. The number of carbonyl (C=O) groups excluding carboxylic acids is 1. The molecule has 136 valence electrons. The van der Waals surface area contributed by atoms with Crippen LogP contribution in [-0.4, -0.2) is 36.3 Å². The molecule has 0 N–H and O–H groups in total. The average Bonchev–Trinajstić information content (AvgIpc) is 2.51. The van der Waals surface area contributed by atoms with Gasteiger partial charge in [-0.2, -0.15) is 5.26 Å². The molecule has 1 fully saturated rings.